The monoisotopic (exact) mass is 403 g/mol. The van der Waals surface area contributed by atoms with E-state index in [9.17, 15) is 14.9 Å². The number of nitro groups is 1. The minimum atomic E-state index is -0.363. The zero-order valence-electron chi connectivity index (χ0n) is 13.8. The van der Waals surface area contributed by atoms with Crippen LogP contribution in [0.5, 0.6) is 0 Å². The van der Waals surface area contributed by atoms with Crippen LogP contribution in [0, 0.1) is 17.0 Å². The van der Waals surface area contributed by atoms with Crippen LogP contribution in [0.1, 0.15) is 15.9 Å². The van der Waals surface area contributed by atoms with Crippen molar-refractivity contribution >= 4 is 33.2 Å². The summed E-state index contributed by atoms with van der Waals surface area (Å²) in [5, 5.41) is 11.2. The standard InChI is InChI=1S/C18H18BrN3O3/c1-13-12-14(19)6-7-15(13)18(23)21-10-8-20(9-11-21)16-4-2-3-5-17(16)22(24)25/h2-7,12H,8-11H2,1H3. The lowest BCUT2D eigenvalue weighted by atomic mass is 10.1. The summed E-state index contributed by atoms with van der Waals surface area (Å²) >= 11 is 3.41. The van der Waals surface area contributed by atoms with Gasteiger partial charge in [-0.3, -0.25) is 14.9 Å². The number of amides is 1. The van der Waals surface area contributed by atoms with E-state index in [1.807, 2.05) is 34.9 Å². The Balaban J connectivity index is 1.72. The number of nitrogens with zero attached hydrogens (tertiary/aromatic N) is 3. The van der Waals surface area contributed by atoms with Gasteiger partial charge in [-0.1, -0.05) is 28.1 Å². The zero-order valence-corrected chi connectivity index (χ0v) is 15.4. The summed E-state index contributed by atoms with van der Waals surface area (Å²) in [6, 6.07) is 12.4. The molecule has 3 rings (SSSR count). The minimum absolute atomic E-state index is 0.00668. The van der Waals surface area contributed by atoms with E-state index in [2.05, 4.69) is 15.9 Å². The number of carbonyl (C=O) groups is 1. The molecule has 1 saturated heterocycles. The molecule has 2 aromatic rings. The van der Waals surface area contributed by atoms with Crippen LogP contribution in [0.3, 0.4) is 0 Å². The average molecular weight is 404 g/mol. The van der Waals surface area contributed by atoms with Crippen LogP contribution < -0.4 is 4.90 Å². The van der Waals surface area contributed by atoms with E-state index in [4.69, 9.17) is 0 Å². The first-order valence-electron chi connectivity index (χ1n) is 8.01. The van der Waals surface area contributed by atoms with Crippen molar-refractivity contribution in [2.75, 3.05) is 31.1 Å². The average Bonchev–Trinajstić information content (AvgIpc) is 2.61. The molecule has 0 atom stereocenters. The second-order valence-corrected chi connectivity index (χ2v) is 6.90. The molecule has 1 amide bonds. The second-order valence-electron chi connectivity index (χ2n) is 5.98. The lowest BCUT2D eigenvalue weighted by molar-refractivity contribution is -0.384. The normalized spacial score (nSPS) is 14.5. The van der Waals surface area contributed by atoms with E-state index in [1.54, 1.807) is 18.2 Å². The number of halogens is 1. The molecule has 0 unspecified atom stereocenters. The summed E-state index contributed by atoms with van der Waals surface area (Å²) in [5.41, 5.74) is 2.34. The molecule has 6 nitrogen and oxygen atoms in total. The molecular weight excluding hydrogens is 386 g/mol. The van der Waals surface area contributed by atoms with Crippen molar-refractivity contribution in [1.29, 1.82) is 0 Å². The lowest BCUT2D eigenvalue weighted by Gasteiger charge is -2.36. The lowest BCUT2D eigenvalue weighted by Crippen LogP contribution is -2.49. The van der Waals surface area contributed by atoms with Gasteiger partial charge in [-0.2, -0.15) is 0 Å². The van der Waals surface area contributed by atoms with Gasteiger partial charge in [0.05, 0.1) is 4.92 Å². The Kier molecular flexibility index (Phi) is 5.03. The summed E-state index contributed by atoms with van der Waals surface area (Å²) < 4.78 is 0.947. The third-order valence-corrected chi connectivity index (χ3v) is 4.90. The molecule has 25 heavy (non-hydrogen) atoms. The van der Waals surface area contributed by atoms with Gasteiger partial charge in [-0.25, -0.2) is 0 Å². The Morgan fingerprint density at radius 3 is 2.44 bits per heavy atom. The molecule has 0 saturated carbocycles. The number of hydrogen-bond donors (Lipinski definition) is 0. The highest BCUT2D eigenvalue weighted by Gasteiger charge is 2.26. The molecule has 1 aliphatic heterocycles. The fraction of sp³-hybridized carbons (Fsp3) is 0.278. The van der Waals surface area contributed by atoms with Crippen LogP contribution in [0.25, 0.3) is 0 Å². The number of benzene rings is 2. The minimum Gasteiger partial charge on any atom is -0.362 e. The number of aryl methyl sites for hydroxylation is 1. The number of piperazine rings is 1. The van der Waals surface area contributed by atoms with Crippen LogP contribution in [0.4, 0.5) is 11.4 Å². The van der Waals surface area contributed by atoms with E-state index in [1.165, 1.54) is 6.07 Å². The van der Waals surface area contributed by atoms with Crippen LogP contribution in [0.15, 0.2) is 46.9 Å². The van der Waals surface area contributed by atoms with E-state index < -0.39 is 0 Å². The summed E-state index contributed by atoms with van der Waals surface area (Å²) in [7, 11) is 0. The molecule has 0 bridgehead atoms. The van der Waals surface area contributed by atoms with Gasteiger partial charge < -0.3 is 9.80 Å². The maximum absolute atomic E-state index is 12.7. The largest absolute Gasteiger partial charge is 0.362 e. The Hall–Kier alpha value is -2.41. The van der Waals surface area contributed by atoms with E-state index in [0.717, 1.165) is 10.0 Å². The molecule has 130 valence electrons. The molecule has 7 heteroatoms. The highest BCUT2D eigenvalue weighted by molar-refractivity contribution is 9.10. The van der Waals surface area contributed by atoms with Gasteiger partial charge in [-0.15, -0.1) is 0 Å². The van der Waals surface area contributed by atoms with E-state index >= 15 is 0 Å². The molecule has 1 aliphatic rings. The first-order valence-corrected chi connectivity index (χ1v) is 8.80. The van der Waals surface area contributed by atoms with Crippen molar-refractivity contribution in [2.45, 2.75) is 6.92 Å². The molecule has 1 fully saturated rings. The molecule has 1 heterocycles. The number of hydrogen-bond acceptors (Lipinski definition) is 4. The Labute approximate surface area is 154 Å². The van der Waals surface area contributed by atoms with Crippen molar-refractivity contribution in [3.63, 3.8) is 0 Å². The molecule has 0 spiro atoms. The van der Waals surface area contributed by atoms with Gasteiger partial charge >= 0.3 is 0 Å². The second kappa shape index (κ2) is 7.23. The highest BCUT2D eigenvalue weighted by Crippen LogP contribution is 2.28. The maximum Gasteiger partial charge on any atom is 0.292 e. The van der Waals surface area contributed by atoms with Crippen molar-refractivity contribution < 1.29 is 9.72 Å². The predicted molar refractivity (Wildman–Crippen MR) is 100 cm³/mol. The molecule has 0 aliphatic carbocycles. The molecule has 2 aromatic carbocycles. The number of anilines is 1. The topological polar surface area (TPSA) is 66.7 Å². The summed E-state index contributed by atoms with van der Waals surface area (Å²) in [6.45, 7) is 4.15. The van der Waals surface area contributed by atoms with Crippen LogP contribution in [-0.2, 0) is 0 Å². The maximum atomic E-state index is 12.7. The van der Waals surface area contributed by atoms with Crippen molar-refractivity contribution in [3.05, 3.63) is 68.2 Å². The van der Waals surface area contributed by atoms with Crippen LogP contribution in [0.2, 0.25) is 0 Å². The number of carbonyl (C=O) groups excluding carboxylic acids is 1. The fourth-order valence-corrected chi connectivity index (χ4v) is 3.55. The first kappa shape index (κ1) is 17.4. The predicted octanol–water partition coefficient (Wildman–Crippen LogP) is 3.63. The van der Waals surface area contributed by atoms with Gasteiger partial charge in [0.2, 0.25) is 0 Å². The Bertz CT molecular complexity index is 817. The van der Waals surface area contributed by atoms with Crippen LogP contribution >= 0.6 is 15.9 Å². The molecule has 0 radical (unpaired) electrons. The van der Waals surface area contributed by atoms with Crippen molar-refractivity contribution in [2.24, 2.45) is 0 Å². The van der Waals surface area contributed by atoms with Gasteiger partial charge in [-0.05, 0) is 36.8 Å². The number of rotatable bonds is 3. The summed E-state index contributed by atoms with van der Waals surface area (Å²) in [6.07, 6.45) is 0. The van der Waals surface area contributed by atoms with Gasteiger partial charge in [0.15, 0.2) is 0 Å². The number of para-hydroxylation sites is 2. The smallest absolute Gasteiger partial charge is 0.292 e. The summed E-state index contributed by atoms with van der Waals surface area (Å²) in [4.78, 5) is 27.3. The quantitative estimate of drug-likeness (QED) is 0.579. The molecule has 0 N–H and O–H groups in total. The summed E-state index contributed by atoms with van der Waals surface area (Å²) in [5.74, 6) is 0.00668. The zero-order chi connectivity index (χ0) is 18.0. The van der Waals surface area contributed by atoms with Gasteiger partial charge in [0.1, 0.15) is 5.69 Å². The molecular formula is C18H18BrN3O3. The third-order valence-electron chi connectivity index (χ3n) is 4.40. The highest BCUT2D eigenvalue weighted by atomic mass is 79.9. The fourth-order valence-electron chi connectivity index (χ4n) is 3.07. The van der Waals surface area contributed by atoms with Crippen molar-refractivity contribution in [3.8, 4) is 0 Å². The van der Waals surface area contributed by atoms with Gasteiger partial charge in [0.25, 0.3) is 11.6 Å². The van der Waals surface area contributed by atoms with E-state index in [0.29, 0.717) is 37.4 Å². The van der Waals surface area contributed by atoms with E-state index in [-0.39, 0.29) is 16.5 Å². The van der Waals surface area contributed by atoms with Gasteiger partial charge in [0, 0.05) is 42.3 Å². The Morgan fingerprint density at radius 2 is 1.80 bits per heavy atom. The third kappa shape index (κ3) is 3.66. The SMILES string of the molecule is Cc1cc(Br)ccc1C(=O)N1CCN(c2ccccc2[N+](=O)[O-])CC1. The molecule has 0 aromatic heterocycles. The number of nitro benzene ring substituents is 1. The van der Waals surface area contributed by atoms with Crippen LogP contribution in [-0.4, -0.2) is 41.9 Å². The first-order chi connectivity index (χ1) is 12.0. The Morgan fingerprint density at radius 1 is 1.12 bits per heavy atom. The van der Waals surface area contributed by atoms with Crippen molar-refractivity contribution in [1.82, 2.24) is 4.90 Å².